The zero-order valence-corrected chi connectivity index (χ0v) is 27.0. The van der Waals surface area contributed by atoms with Gasteiger partial charge in [0.15, 0.2) is 19.4 Å². The Kier molecular flexibility index (Phi) is 10.9. The van der Waals surface area contributed by atoms with E-state index < -0.39 is 18.2 Å². The molecule has 0 aliphatic carbocycles. The summed E-state index contributed by atoms with van der Waals surface area (Å²) in [5.41, 5.74) is 7.64. The molecule has 10 nitrogen and oxygen atoms in total. The molecule has 0 bridgehead atoms. The molecular weight excluding hydrogens is 578 g/mol. The quantitative estimate of drug-likeness (QED) is 0.179. The highest BCUT2D eigenvalue weighted by Gasteiger charge is 2.41. The smallest absolute Gasteiger partial charge is 0.188 e. The summed E-state index contributed by atoms with van der Waals surface area (Å²) >= 11 is 0. The van der Waals surface area contributed by atoms with Gasteiger partial charge in [-0.2, -0.15) is 0 Å². The van der Waals surface area contributed by atoms with Gasteiger partial charge in [-0.05, 0) is 42.0 Å². The number of aliphatic hydroxyl groups is 1. The first-order valence-corrected chi connectivity index (χ1v) is 14.7. The second-order valence-electron chi connectivity index (χ2n) is 12.8. The van der Waals surface area contributed by atoms with Crippen LogP contribution in [0.3, 0.4) is 0 Å². The lowest BCUT2D eigenvalue weighted by atomic mass is 9.78. The van der Waals surface area contributed by atoms with Gasteiger partial charge in [-0.25, -0.2) is 0 Å². The predicted octanol–water partition coefficient (Wildman–Crippen LogP) is 5.50. The van der Waals surface area contributed by atoms with Crippen molar-refractivity contribution >= 4 is 12.5 Å². The molecule has 5 rings (SSSR count). The molecule has 45 heavy (non-hydrogen) atoms. The lowest BCUT2D eigenvalue weighted by Gasteiger charge is -2.37. The number of benzene rings is 3. The fraction of sp³-hybridized carbons (Fsp3) is 0.457. The number of rotatable bonds is 9. The SMILES string of the molecule is C=O.COCOc1ccc(C2OCC(C)(C)CO2)cc1C(O)(c1cccc(N)c1)c1cc(C2OCC(C)(C)CO2)ccc1OC. The highest BCUT2D eigenvalue weighted by atomic mass is 16.7. The molecule has 2 fully saturated rings. The minimum absolute atomic E-state index is 0.0271. The predicted molar refractivity (Wildman–Crippen MR) is 169 cm³/mol. The molecule has 3 aromatic carbocycles. The number of methoxy groups -OCH3 is 2. The Balaban J connectivity index is 0.00000226. The summed E-state index contributed by atoms with van der Waals surface area (Å²) in [5.74, 6) is 0.867. The first kappa shape index (κ1) is 34.4. The number of hydrogen-bond acceptors (Lipinski definition) is 10. The van der Waals surface area contributed by atoms with Crippen LogP contribution in [0.15, 0.2) is 60.7 Å². The number of ether oxygens (including phenoxy) is 7. The molecule has 0 amide bonds. The molecule has 2 aliphatic heterocycles. The molecule has 2 aliphatic rings. The largest absolute Gasteiger partial charge is 0.496 e. The summed E-state index contributed by atoms with van der Waals surface area (Å²) in [6, 6.07) is 18.2. The molecule has 2 saturated heterocycles. The van der Waals surface area contributed by atoms with E-state index in [9.17, 15) is 5.11 Å². The van der Waals surface area contributed by atoms with E-state index in [1.165, 1.54) is 0 Å². The zero-order valence-electron chi connectivity index (χ0n) is 27.0. The van der Waals surface area contributed by atoms with Gasteiger partial charge >= 0.3 is 0 Å². The number of anilines is 1. The van der Waals surface area contributed by atoms with Crippen molar-refractivity contribution in [1.82, 2.24) is 0 Å². The Morgan fingerprint density at radius 1 is 0.800 bits per heavy atom. The first-order valence-electron chi connectivity index (χ1n) is 14.7. The fourth-order valence-electron chi connectivity index (χ4n) is 5.37. The number of hydrogen-bond donors (Lipinski definition) is 2. The van der Waals surface area contributed by atoms with E-state index in [1.54, 1.807) is 38.5 Å². The zero-order chi connectivity index (χ0) is 32.8. The maximum Gasteiger partial charge on any atom is 0.188 e. The van der Waals surface area contributed by atoms with Gasteiger partial charge in [0.05, 0.1) is 33.5 Å². The van der Waals surface area contributed by atoms with Crippen molar-refractivity contribution in [2.45, 2.75) is 45.9 Å². The molecule has 3 aromatic rings. The molecule has 2 heterocycles. The van der Waals surface area contributed by atoms with Crippen LogP contribution < -0.4 is 15.2 Å². The van der Waals surface area contributed by atoms with Crippen molar-refractivity contribution < 1.29 is 43.1 Å². The standard InChI is InChI=1S/C34H43NO8.CH2O/c1-32(2)17-39-30(40-18-32)22-10-12-28(38-6)26(14-22)34(36,24-8-7-9-25(35)16-24)27-15-23(11-13-29(27)43-21-37-5)31-41-19-33(3,4)20-42-31;1-2/h7-16,30-31,36H,17-21,35H2,1-6H3;1H2. The average Bonchev–Trinajstić information content (AvgIpc) is 3.04. The summed E-state index contributed by atoms with van der Waals surface area (Å²) < 4.78 is 41.6. The third kappa shape index (κ3) is 7.66. The average molecular weight is 624 g/mol. The minimum atomic E-state index is -1.81. The van der Waals surface area contributed by atoms with Crippen LogP contribution in [0.2, 0.25) is 0 Å². The van der Waals surface area contributed by atoms with Crippen molar-refractivity contribution in [3.05, 3.63) is 88.5 Å². The summed E-state index contributed by atoms with van der Waals surface area (Å²) in [5, 5.41) is 13.1. The molecule has 10 heteroatoms. The maximum atomic E-state index is 13.1. The second kappa shape index (κ2) is 14.3. The van der Waals surface area contributed by atoms with Crippen molar-refractivity contribution in [1.29, 1.82) is 0 Å². The van der Waals surface area contributed by atoms with Gasteiger partial charge in [-0.15, -0.1) is 0 Å². The van der Waals surface area contributed by atoms with E-state index in [0.29, 0.717) is 60.3 Å². The van der Waals surface area contributed by atoms with E-state index in [0.717, 1.165) is 11.1 Å². The monoisotopic (exact) mass is 623 g/mol. The van der Waals surface area contributed by atoms with Crippen LogP contribution in [0.5, 0.6) is 11.5 Å². The van der Waals surface area contributed by atoms with Gasteiger partial charge in [-0.3, -0.25) is 0 Å². The Hall–Kier alpha value is -3.51. The highest BCUT2D eigenvalue weighted by molar-refractivity contribution is 5.60. The van der Waals surface area contributed by atoms with Gasteiger partial charge in [0.1, 0.15) is 23.9 Å². The summed E-state index contributed by atoms with van der Waals surface area (Å²) in [6.45, 7) is 12.5. The van der Waals surface area contributed by atoms with Crippen LogP contribution >= 0.6 is 0 Å². The first-order chi connectivity index (χ1) is 21.5. The van der Waals surface area contributed by atoms with Crippen LogP contribution in [-0.2, 0) is 34.1 Å². The van der Waals surface area contributed by atoms with Gasteiger partial charge in [0, 0.05) is 45.9 Å². The Labute approximate surface area is 265 Å². The molecule has 0 radical (unpaired) electrons. The van der Waals surface area contributed by atoms with E-state index in [1.807, 2.05) is 43.2 Å². The van der Waals surface area contributed by atoms with E-state index >= 15 is 0 Å². The molecule has 0 saturated carbocycles. The fourth-order valence-corrected chi connectivity index (χ4v) is 5.37. The van der Waals surface area contributed by atoms with Crippen LogP contribution in [0.25, 0.3) is 0 Å². The van der Waals surface area contributed by atoms with E-state index in [4.69, 9.17) is 43.7 Å². The molecule has 244 valence electrons. The van der Waals surface area contributed by atoms with Crippen LogP contribution in [-0.4, -0.2) is 59.3 Å². The minimum Gasteiger partial charge on any atom is -0.496 e. The van der Waals surface area contributed by atoms with E-state index in [2.05, 4.69) is 27.7 Å². The Bertz CT molecular complexity index is 1420. The van der Waals surface area contributed by atoms with Gasteiger partial charge in [0.25, 0.3) is 0 Å². The van der Waals surface area contributed by atoms with Gasteiger partial charge in [-0.1, -0.05) is 52.0 Å². The molecule has 0 aromatic heterocycles. The highest BCUT2D eigenvalue weighted by Crippen LogP contribution is 2.47. The Morgan fingerprint density at radius 3 is 1.76 bits per heavy atom. The van der Waals surface area contributed by atoms with Crippen LogP contribution in [0.4, 0.5) is 5.69 Å². The van der Waals surface area contributed by atoms with Crippen LogP contribution in [0.1, 0.15) is 68.1 Å². The normalized spacial score (nSPS) is 19.5. The van der Waals surface area contributed by atoms with Crippen molar-refractivity contribution in [3.8, 4) is 11.5 Å². The lowest BCUT2D eigenvalue weighted by Crippen LogP contribution is -2.35. The maximum absolute atomic E-state index is 13.1. The number of carbonyl (C=O) groups excluding carboxylic acids is 1. The van der Waals surface area contributed by atoms with E-state index in [-0.39, 0.29) is 17.6 Å². The summed E-state index contributed by atoms with van der Waals surface area (Å²) in [4.78, 5) is 8.00. The Morgan fingerprint density at radius 2 is 1.29 bits per heavy atom. The number of carbonyl (C=O) groups is 1. The van der Waals surface area contributed by atoms with Crippen molar-refractivity contribution in [2.24, 2.45) is 10.8 Å². The van der Waals surface area contributed by atoms with Crippen molar-refractivity contribution in [3.63, 3.8) is 0 Å². The van der Waals surface area contributed by atoms with Gasteiger partial charge in [0.2, 0.25) is 0 Å². The lowest BCUT2D eigenvalue weighted by molar-refractivity contribution is -0.226. The third-order valence-corrected chi connectivity index (χ3v) is 7.69. The summed E-state index contributed by atoms with van der Waals surface area (Å²) in [6.07, 6.45) is -1.22. The second-order valence-corrected chi connectivity index (χ2v) is 12.8. The van der Waals surface area contributed by atoms with Crippen molar-refractivity contribution in [2.75, 3.05) is 53.2 Å². The van der Waals surface area contributed by atoms with Crippen LogP contribution in [0, 0.1) is 10.8 Å². The topological polar surface area (TPSA) is 128 Å². The molecule has 1 unspecified atom stereocenters. The molecule has 1 atom stereocenters. The molecular formula is C35H45NO9. The third-order valence-electron chi connectivity index (χ3n) is 7.69. The number of nitrogens with two attached hydrogens (primary N) is 1. The summed E-state index contributed by atoms with van der Waals surface area (Å²) in [7, 11) is 3.11. The molecule has 0 spiro atoms. The number of nitrogen functional groups attached to an aromatic ring is 1. The van der Waals surface area contributed by atoms with Gasteiger partial charge < -0.3 is 48.8 Å². The molecule has 3 N–H and O–H groups in total.